The highest BCUT2D eigenvalue weighted by Crippen LogP contribution is 2.33. The maximum atomic E-state index is 12.8. The van der Waals surface area contributed by atoms with Crippen LogP contribution < -0.4 is 5.73 Å². The summed E-state index contributed by atoms with van der Waals surface area (Å²) in [5.74, 6) is -0.0532. The fourth-order valence-electron chi connectivity index (χ4n) is 2.87. The molecule has 1 aromatic carbocycles. The third-order valence-corrected chi connectivity index (χ3v) is 5.91. The Bertz CT molecular complexity index is 781. The molecule has 2 N–H and O–H groups in total. The SMILES string of the molecule is CC1(C)CN(C(=O)c2csc(-c3ccc(Cl)cc3Cl)n2)CCC1N.Cl.Cl. The zero-order chi connectivity index (χ0) is 17.5. The highest BCUT2D eigenvalue weighted by atomic mass is 35.5. The van der Waals surface area contributed by atoms with Crippen LogP contribution in [0.15, 0.2) is 23.6 Å². The summed E-state index contributed by atoms with van der Waals surface area (Å²) in [6, 6.07) is 5.37. The highest BCUT2D eigenvalue weighted by molar-refractivity contribution is 7.13. The molecular formula is C17H21Cl4N3OS. The summed E-state index contributed by atoms with van der Waals surface area (Å²) in [6.45, 7) is 5.49. The predicted octanol–water partition coefficient (Wildman–Crippen LogP) is 5.16. The molecule has 0 saturated carbocycles. The van der Waals surface area contributed by atoms with Crippen LogP contribution in [0.25, 0.3) is 10.6 Å². The second kappa shape index (κ2) is 9.09. The maximum Gasteiger partial charge on any atom is 0.273 e. The molecule has 1 atom stereocenters. The van der Waals surface area contributed by atoms with Gasteiger partial charge < -0.3 is 10.6 Å². The quantitative estimate of drug-likeness (QED) is 0.678. The molecule has 1 fully saturated rings. The van der Waals surface area contributed by atoms with Gasteiger partial charge in [0.2, 0.25) is 0 Å². The molecule has 3 rings (SSSR count). The van der Waals surface area contributed by atoms with E-state index in [4.69, 9.17) is 28.9 Å². The molecule has 0 spiro atoms. The lowest BCUT2D eigenvalue weighted by atomic mass is 9.79. The number of nitrogens with two attached hydrogens (primary N) is 1. The molecule has 26 heavy (non-hydrogen) atoms. The van der Waals surface area contributed by atoms with Gasteiger partial charge in [-0.3, -0.25) is 4.79 Å². The number of piperidine rings is 1. The van der Waals surface area contributed by atoms with Crippen LogP contribution in [0.2, 0.25) is 10.0 Å². The number of aromatic nitrogens is 1. The fourth-order valence-corrected chi connectivity index (χ4v) is 4.25. The molecule has 2 aromatic rings. The zero-order valence-corrected chi connectivity index (χ0v) is 18.3. The van der Waals surface area contributed by atoms with Crippen LogP contribution in [0.3, 0.4) is 0 Å². The van der Waals surface area contributed by atoms with Crippen molar-refractivity contribution in [2.24, 2.45) is 11.1 Å². The van der Waals surface area contributed by atoms with Gasteiger partial charge in [-0.1, -0.05) is 37.0 Å². The first-order chi connectivity index (χ1) is 11.3. The molecule has 1 unspecified atom stereocenters. The lowest BCUT2D eigenvalue weighted by Crippen LogP contribution is -2.54. The Morgan fingerprint density at radius 2 is 2.04 bits per heavy atom. The van der Waals surface area contributed by atoms with E-state index in [0.29, 0.717) is 33.8 Å². The molecular weight excluding hydrogens is 436 g/mol. The lowest BCUT2D eigenvalue weighted by molar-refractivity contribution is 0.0528. The highest BCUT2D eigenvalue weighted by Gasteiger charge is 2.36. The Kier molecular flexibility index (Phi) is 8.21. The van der Waals surface area contributed by atoms with Gasteiger partial charge in [0.25, 0.3) is 5.91 Å². The number of rotatable bonds is 2. The van der Waals surface area contributed by atoms with Crippen molar-refractivity contribution in [2.45, 2.75) is 26.3 Å². The molecule has 2 heterocycles. The number of benzene rings is 1. The van der Waals surface area contributed by atoms with Crippen LogP contribution in [0.5, 0.6) is 0 Å². The van der Waals surface area contributed by atoms with Gasteiger partial charge in [-0.2, -0.15) is 0 Å². The van der Waals surface area contributed by atoms with Crippen molar-refractivity contribution < 1.29 is 4.79 Å². The van der Waals surface area contributed by atoms with Crippen molar-refractivity contribution in [1.29, 1.82) is 0 Å². The minimum absolute atomic E-state index is 0. The Labute approximate surface area is 179 Å². The van der Waals surface area contributed by atoms with E-state index in [1.807, 2.05) is 11.0 Å². The topological polar surface area (TPSA) is 59.2 Å². The van der Waals surface area contributed by atoms with Crippen molar-refractivity contribution in [3.8, 4) is 10.6 Å². The number of hydrogen-bond donors (Lipinski definition) is 1. The molecule has 1 aliphatic heterocycles. The number of thiazole rings is 1. The molecule has 0 aliphatic carbocycles. The number of amides is 1. The smallest absolute Gasteiger partial charge is 0.273 e. The number of carbonyl (C=O) groups is 1. The lowest BCUT2D eigenvalue weighted by Gasteiger charge is -2.42. The number of halogens is 4. The van der Waals surface area contributed by atoms with Crippen LogP contribution in [0.4, 0.5) is 0 Å². The van der Waals surface area contributed by atoms with E-state index >= 15 is 0 Å². The molecule has 144 valence electrons. The number of nitrogens with zero attached hydrogens (tertiary/aromatic N) is 2. The summed E-state index contributed by atoms with van der Waals surface area (Å²) in [6.07, 6.45) is 0.804. The molecule has 1 amide bonds. The van der Waals surface area contributed by atoms with Gasteiger partial charge >= 0.3 is 0 Å². The monoisotopic (exact) mass is 455 g/mol. The molecule has 1 aromatic heterocycles. The van der Waals surface area contributed by atoms with Gasteiger partial charge in [-0.05, 0) is 30.0 Å². The molecule has 1 aliphatic rings. The molecule has 1 saturated heterocycles. The van der Waals surface area contributed by atoms with Gasteiger partial charge in [0.1, 0.15) is 10.7 Å². The number of hydrogen-bond acceptors (Lipinski definition) is 4. The summed E-state index contributed by atoms with van der Waals surface area (Å²) in [5.41, 5.74) is 7.29. The van der Waals surface area contributed by atoms with Crippen molar-refractivity contribution in [1.82, 2.24) is 9.88 Å². The van der Waals surface area contributed by atoms with E-state index in [1.54, 1.807) is 17.5 Å². The van der Waals surface area contributed by atoms with Gasteiger partial charge in [-0.25, -0.2) is 4.98 Å². The van der Waals surface area contributed by atoms with E-state index in [-0.39, 0.29) is 42.2 Å². The van der Waals surface area contributed by atoms with Crippen molar-refractivity contribution >= 4 is 65.3 Å². The van der Waals surface area contributed by atoms with E-state index in [2.05, 4.69) is 18.8 Å². The predicted molar refractivity (Wildman–Crippen MR) is 114 cm³/mol. The number of likely N-dealkylation sites (tertiary alicyclic amines) is 1. The van der Waals surface area contributed by atoms with Crippen molar-refractivity contribution in [2.75, 3.05) is 13.1 Å². The Balaban J connectivity index is 0.00000169. The normalized spacial score (nSPS) is 18.7. The summed E-state index contributed by atoms with van der Waals surface area (Å²) >= 11 is 13.6. The van der Waals surface area contributed by atoms with Gasteiger partial charge in [0.15, 0.2) is 0 Å². The molecule has 0 radical (unpaired) electrons. The average Bonchev–Trinajstić information content (AvgIpc) is 2.98. The summed E-state index contributed by atoms with van der Waals surface area (Å²) in [4.78, 5) is 19.1. The van der Waals surface area contributed by atoms with Gasteiger partial charge in [-0.15, -0.1) is 36.2 Å². The Morgan fingerprint density at radius 1 is 1.35 bits per heavy atom. The minimum atomic E-state index is -0.0910. The third-order valence-electron chi connectivity index (χ3n) is 4.48. The van der Waals surface area contributed by atoms with Gasteiger partial charge in [0.05, 0.1) is 5.02 Å². The first-order valence-corrected chi connectivity index (χ1v) is 9.37. The van der Waals surface area contributed by atoms with Crippen molar-refractivity contribution in [3.05, 3.63) is 39.3 Å². The third kappa shape index (κ3) is 4.83. The first-order valence-electron chi connectivity index (χ1n) is 7.74. The van der Waals surface area contributed by atoms with Crippen LogP contribution in [-0.4, -0.2) is 34.9 Å². The second-order valence-electron chi connectivity index (χ2n) is 6.77. The largest absolute Gasteiger partial charge is 0.337 e. The molecule has 0 bridgehead atoms. The van der Waals surface area contributed by atoms with Crippen LogP contribution in [0.1, 0.15) is 30.8 Å². The Hall–Kier alpha value is -0.560. The standard InChI is InChI=1S/C17H19Cl2N3OS.2ClH/c1-17(2)9-22(6-5-14(17)20)16(23)13-8-24-15(21-13)11-4-3-10(18)7-12(11)19;;/h3-4,7-8,14H,5-6,9,20H2,1-2H3;2*1H. The zero-order valence-electron chi connectivity index (χ0n) is 14.4. The van der Waals surface area contributed by atoms with E-state index in [0.717, 1.165) is 12.0 Å². The summed E-state index contributed by atoms with van der Waals surface area (Å²) in [5, 5.41) is 3.60. The van der Waals surface area contributed by atoms with E-state index < -0.39 is 0 Å². The summed E-state index contributed by atoms with van der Waals surface area (Å²) < 4.78 is 0. The van der Waals surface area contributed by atoms with Gasteiger partial charge in [0, 0.05) is 35.1 Å². The average molecular weight is 457 g/mol. The van der Waals surface area contributed by atoms with Crippen LogP contribution in [-0.2, 0) is 0 Å². The number of carbonyl (C=O) groups excluding carboxylic acids is 1. The van der Waals surface area contributed by atoms with Crippen molar-refractivity contribution in [3.63, 3.8) is 0 Å². The van der Waals surface area contributed by atoms with Crippen LogP contribution in [0, 0.1) is 5.41 Å². The minimum Gasteiger partial charge on any atom is -0.337 e. The molecule has 4 nitrogen and oxygen atoms in total. The molecule has 9 heteroatoms. The Morgan fingerprint density at radius 3 is 2.65 bits per heavy atom. The second-order valence-corrected chi connectivity index (χ2v) is 8.47. The maximum absolute atomic E-state index is 12.8. The first kappa shape index (κ1) is 23.5. The summed E-state index contributed by atoms with van der Waals surface area (Å²) in [7, 11) is 0. The van der Waals surface area contributed by atoms with E-state index in [1.165, 1.54) is 11.3 Å². The fraction of sp³-hybridized carbons (Fsp3) is 0.412. The van der Waals surface area contributed by atoms with Crippen LogP contribution >= 0.6 is 59.4 Å². The van der Waals surface area contributed by atoms with E-state index in [9.17, 15) is 4.79 Å².